The first kappa shape index (κ1) is 15.4. The molecule has 0 radical (unpaired) electrons. The van der Waals surface area contributed by atoms with E-state index in [1.165, 1.54) is 11.3 Å². The maximum absolute atomic E-state index is 12.1. The van der Waals surface area contributed by atoms with Crippen LogP contribution in [0.4, 0.5) is 5.13 Å². The average Bonchev–Trinajstić information content (AvgIpc) is 3.22. The molecule has 0 unspecified atom stereocenters. The zero-order valence-corrected chi connectivity index (χ0v) is 13.5. The average molecular weight is 328 g/mol. The molecule has 1 aromatic heterocycles. The summed E-state index contributed by atoms with van der Waals surface area (Å²) in [6.07, 6.45) is 7.50. The third-order valence-corrected chi connectivity index (χ3v) is 4.58. The Kier molecular flexibility index (Phi) is 4.26. The van der Waals surface area contributed by atoms with Gasteiger partial charge in [-0.05, 0) is 18.2 Å². The summed E-state index contributed by atoms with van der Waals surface area (Å²) in [4.78, 5) is 16.5. The third-order valence-electron chi connectivity index (χ3n) is 3.65. The maximum Gasteiger partial charge on any atom is 0.226 e. The number of nitrogens with zero attached hydrogens (tertiary/aromatic N) is 3. The summed E-state index contributed by atoms with van der Waals surface area (Å²) in [7, 11) is 1.62. The van der Waals surface area contributed by atoms with Gasteiger partial charge in [-0.15, -0.1) is 12.3 Å². The number of carbonyl (C=O) groups is 1. The van der Waals surface area contributed by atoms with Crippen molar-refractivity contribution < 1.29 is 9.53 Å². The van der Waals surface area contributed by atoms with Gasteiger partial charge in [-0.25, -0.2) is 4.98 Å². The van der Waals surface area contributed by atoms with Crippen molar-refractivity contribution in [3.63, 3.8) is 0 Å². The highest BCUT2D eigenvalue weighted by Crippen LogP contribution is 2.37. The lowest BCUT2D eigenvalue weighted by Gasteiger charge is -2.07. The summed E-state index contributed by atoms with van der Waals surface area (Å²) < 4.78 is 6.15. The molecule has 6 nitrogen and oxygen atoms in total. The van der Waals surface area contributed by atoms with E-state index < -0.39 is 5.66 Å². The van der Waals surface area contributed by atoms with E-state index in [-0.39, 0.29) is 5.91 Å². The molecule has 0 atom stereocenters. The van der Waals surface area contributed by atoms with Crippen LogP contribution in [-0.2, 0) is 4.79 Å². The number of nitrogens with one attached hydrogen (secondary N) is 1. The molecule has 7 heteroatoms. The van der Waals surface area contributed by atoms with E-state index in [1.54, 1.807) is 7.11 Å². The van der Waals surface area contributed by atoms with Crippen LogP contribution in [0.3, 0.4) is 0 Å². The molecule has 0 saturated carbocycles. The number of thiazole rings is 1. The number of rotatable bonds is 7. The van der Waals surface area contributed by atoms with E-state index in [0.717, 1.165) is 16.0 Å². The quantitative estimate of drug-likeness (QED) is 0.789. The lowest BCUT2D eigenvalue weighted by atomic mass is 10.0. The molecular weight excluding hydrogens is 312 g/mol. The van der Waals surface area contributed by atoms with Crippen LogP contribution in [0.25, 0.3) is 10.2 Å². The van der Waals surface area contributed by atoms with Crippen LogP contribution in [0.1, 0.15) is 25.7 Å². The molecule has 1 amide bonds. The van der Waals surface area contributed by atoms with Gasteiger partial charge in [-0.1, -0.05) is 11.3 Å². The predicted octanol–water partition coefficient (Wildman–Crippen LogP) is 3.60. The Balaban J connectivity index is 1.57. The highest BCUT2D eigenvalue weighted by atomic mass is 32.1. The standard InChI is InChI=1S/C16H16N4O2S/c1-3-4-8-16(19-20-16)9-7-14(21)18-15-17-12-6-5-11(22-2)10-13(12)23-15/h1,5-6,10H,4,7-9H2,2H3,(H,17,18,21). The Morgan fingerprint density at radius 1 is 1.43 bits per heavy atom. The number of benzene rings is 1. The van der Waals surface area contributed by atoms with Crippen LogP contribution in [0.5, 0.6) is 5.75 Å². The molecule has 0 bridgehead atoms. The topological polar surface area (TPSA) is 75.9 Å². The second-order valence-corrected chi connectivity index (χ2v) is 6.32. The summed E-state index contributed by atoms with van der Waals surface area (Å²) in [6.45, 7) is 0. The van der Waals surface area contributed by atoms with Crippen LogP contribution < -0.4 is 10.1 Å². The van der Waals surface area contributed by atoms with Crippen LogP contribution >= 0.6 is 11.3 Å². The van der Waals surface area contributed by atoms with Gasteiger partial charge in [0.15, 0.2) is 10.8 Å². The smallest absolute Gasteiger partial charge is 0.226 e. The SMILES string of the molecule is C#CCCC1(CCC(=O)Nc2nc3ccc(OC)cc3s2)N=N1. The Labute approximate surface area is 138 Å². The number of hydrogen-bond donors (Lipinski definition) is 1. The summed E-state index contributed by atoms with van der Waals surface area (Å²) >= 11 is 1.42. The van der Waals surface area contributed by atoms with E-state index in [1.807, 2.05) is 18.2 Å². The van der Waals surface area contributed by atoms with Crippen molar-refractivity contribution in [1.29, 1.82) is 0 Å². The van der Waals surface area contributed by atoms with Crippen LogP contribution in [0.2, 0.25) is 0 Å². The molecule has 23 heavy (non-hydrogen) atoms. The first-order chi connectivity index (χ1) is 11.1. The summed E-state index contributed by atoms with van der Waals surface area (Å²) in [6, 6.07) is 5.62. The minimum absolute atomic E-state index is 0.0894. The second kappa shape index (κ2) is 6.34. The molecule has 0 fully saturated rings. The Bertz CT molecular complexity index is 800. The van der Waals surface area contributed by atoms with Crippen molar-refractivity contribution in [3.8, 4) is 18.1 Å². The normalized spacial score (nSPS) is 14.4. The van der Waals surface area contributed by atoms with E-state index in [4.69, 9.17) is 11.2 Å². The molecule has 0 aliphatic carbocycles. The minimum atomic E-state index is -0.426. The van der Waals surface area contributed by atoms with Crippen molar-refractivity contribution in [2.45, 2.75) is 31.3 Å². The van der Waals surface area contributed by atoms with Gasteiger partial charge in [0, 0.05) is 25.7 Å². The van der Waals surface area contributed by atoms with Gasteiger partial charge in [-0.3, -0.25) is 4.79 Å². The van der Waals surface area contributed by atoms with Crippen LogP contribution in [-0.4, -0.2) is 23.7 Å². The van der Waals surface area contributed by atoms with E-state index in [2.05, 4.69) is 26.4 Å². The number of fused-ring (bicyclic) bond motifs is 1. The van der Waals surface area contributed by atoms with Gasteiger partial charge in [0.05, 0.1) is 17.3 Å². The van der Waals surface area contributed by atoms with Gasteiger partial charge in [-0.2, -0.15) is 10.2 Å². The van der Waals surface area contributed by atoms with E-state index in [9.17, 15) is 4.79 Å². The highest BCUT2D eigenvalue weighted by Gasteiger charge is 2.39. The summed E-state index contributed by atoms with van der Waals surface area (Å²) in [5, 5.41) is 11.5. The number of hydrogen-bond acceptors (Lipinski definition) is 6. The number of carbonyl (C=O) groups excluding carboxylic acids is 1. The Morgan fingerprint density at radius 3 is 2.96 bits per heavy atom. The fraction of sp³-hybridized carbons (Fsp3) is 0.375. The molecule has 2 aromatic rings. The molecule has 0 spiro atoms. The van der Waals surface area contributed by atoms with Crippen molar-refractivity contribution in [3.05, 3.63) is 18.2 Å². The number of terminal acetylenes is 1. The molecule has 1 aliphatic rings. The summed E-state index contributed by atoms with van der Waals surface area (Å²) in [5.41, 5.74) is 0.411. The first-order valence-corrected chi connectivity index (χ1v) is 8.08. The molecular formula is C16H16N4O2S. The molecule has 1 N–H and O–H groups in total. The number of anilines is 1. The largest absolute Gasteiger partial charge is 0.497 e. The highest BCUT2D eigenvalue weighted by molar-refractivity contribution is 7.22. The zero-order chi connectivity index (χ0) is 16.3. The van der Waals surface area contributed by atoms with Crippen LogP contribution in [0.15, 0.2) is 28.4 Å². The van der Waals surface area contributed by atoms with Crippen molar-refractivity contribution in [2.75, 3.05) is 12.4 Å². The monoisotopic (exact) mass is 328 g/mol. The molecule has 3 rings (SSSR count). The number of methoxy groups -OCH3 is 1. The maximum atomic E-state index is 12.1. The van der Waals surface area contributed by atoms with Crippen molar-refractivity contribution >= 4 is 32.6 Å². The van der Waals surface area contributed by atoms with Gasteiger partial charge >= 0.3 is 0 Å². The third kappa shape index (κ3) is 3.66. The molecule has 118 valence electrons. The van der Waals surface area contributed by atoms with E-state index in [0.29, 0.717) is 30.8 Å². The van der Waals surface area contributed by atoms with Gasteiger partial charge in [0.1, 0.15) is 5.75 Å². The Hall–Kier alpha value is -2.46. The Morgan fingerprint density at radius 2 is 2.26 bits per heavy atom. The summed E-state index contributed by atoms with van der Waals surface area (Å²) in [5.74, 6) is 3.26. The van der Waals surface area contributed by atoms with Gasteiger partial charge < -0.3 is 10.1 Å². The first-order valence-electron chi connectivity index (χ1n) is 7.26. The fourth-order valence-electron chi connectivity index (χ4n) is 2.25. The van der Waals surface area contributed by atoms with Crippen molar-refractivity contribution in [1.82, 2.24) is 4.98 Å². The molecule has 1 aliphatic heterocycles. The molecule has 1 aromatic carbocycles. The number of ether oxygens (including phenoxy) is 1. The van der Waals surface area contributed by atoms with E-state index >= 15 is 0 Å². The molecule has 0 saturated heterocycles. The lowest BCUT2D eigenvalue weighted by molar-refractivity contribution is -0.116. The number of aromatic nitrogens is 1. The van der Waals surface area contributed by atoms with Crippen molar-refractivity contribution in [2.24, 2.45) is 10.2 Å². The predicted molar refractivity (Wildman–Crippen MR) is 89.7 cm³/mol. The van der Waals surface area contributed by atoms with Crippen LogP contribution in [0, 0.1) is 12.3 Å². The number of amides is 1. The van der Waals surface area contributed by atoms with Gasteiger partial charge in [0.2, 0.25) is 5.91 Å². The zero-order valence-electron chi connectivity index (χ0n) is 12.7. The second-order valence-electron chi connectivity index (χ2n) is 5.29. The minimum Gasteiger partial charge on any atom is -0.497 e. The van der Waals surface area contributed by atoms with Gasteiger partial charge in [0.25, 0.3) is 0 Å². The fourth-order valence-corrected chi connectivity index (χ4v) is 3.16. The lowest BCUT2D eigenvalue weighted by Crippen LogP contribution is -2.17. The molecule has 2 heterocycles.